The number of rotatable bonds is 4. The predicted molar refractivity (Wildman–Crippen MR) is 53.3 cm³/mol. The molecule has 1 amide bonds. The zero-order valence-corrected chi connectivity index (χ0v) is 8.60. The summed E-state index contributed by atoms with van der Waals surface area (Å²) in [7, 11) is 0. The summed E-state index contributed by atoms with van der Waals surface area (Å²) in [6.45, 7) is 2.75. The molecule has 0 unspecified atom stereocenters. The molecule has 0 aliphatic carbocycles. The van der Waals surface area contributed by atoms with Crippen LogP contribution in [-0.2, 0) is 11.3 Å². The molecule has 1 rings (SSSR count). The molecule has 0 radical (unpaired) electrons. The Hall–Kier alpha value is -1.78. The maximum absolute atomic E-state index is 10.6. The van der Waals surface area contributed by atoms with E-state index in [-0.39, 0.29) is 17.4 Å². The van der Waals surface area contributed by atoms with Crippen LogP contribution in [0.5, 0.6) is 11.5 Å². The van der Waals surface area contributed by atoms with E-state index in [1.54, 1.807) is 10.8 Å². The summed E-state index contributed by atoms with van der Waals surface area (Å²) >= 11 is 0. The van der Waals surface area contributed by atoms with Crippen LogP contribution in [0.2, 0.25) is 0 Å². The largest absolute Gasteiger partial charge is 0.504 e. The SMILES string of the molecule is CC(=O)NCCC[n+]1ccc(O)c(O)c1. The molecule has 1 heterocycles. The van der Waals surface area contributed by atoms with Gasteiger partial charge in [-0.3, -0.25) is 4.79 Å². The standard InChI is InChI=1S/C10H14N2O3/c1-8(13)11-4-2-5-12-6-3-9(14)10(15)7-12/h3,6-7H,2,4-5H2,1H3,(H2,11,13,15)/p+1. The van der Waals surface area contributed by atoms with Crippen LogP contribution in [0.15, 0.2) is 18.5 Å². The second-order valence-electron chi connectivity index (χ2n) is 3.29. The van der Waals surface area contributed by atoms with Crippen LogP contribution in [0, 0.1) is 0 Å². The van der Waals surface area contributed by atoms with Gasteiger partial charge in [-0.25, -0.2) is 4.57 Å². The van der Waals surface area contributed by atoms with E-state index in [2.05, 4.69) is 5.32 Å². The van der Waals surface area contributed by atoms with Crippen molar-refractivity contribution in [3.8, 4) is 11.5 Å². The van der Waals surface area contributed by atoms with Gasteiger partial charge >= 0.3 is 0 Å². The highest BCUT2D eigenvalue weighted by molar-refractivity contribution is 5.72. The number of aryl methyl sites for hydroxylation is 1. The quantitative estimate of drug-likeness (QED) is 0.481. The summed E-state index contributed by atoms with van der Waals surface area (Å²) in [5, 5.41) is 20.9. The van der Waals surface area contributed by atoms with Gasteiger partial charge in [-0.2, -0.15) is 0 Å². The average Bonchev–Trinajstić information content (AvgIpc) is 2.18. The predicted octanol–water partition coefficient (Wildman–Crippen LogP) is -0.0885. The van der Waals surface area contributed by atoms with Gasteiger partial charge in [0.25, 0.3) is 0 Å². The molecular weight excluding hydrogens is 196 g/mol. The number of nitrogens with zero attached hydrogens (tertiary/aromatic N) is 1. The third kappa shape index (κ3) is 3.84. The lowest BCUT2D eigenvalue weighted by Crippen LogP contribution is -2.34. The lowest BCUT2D eigenvalue weighted by molar-refractivity contribution is -0.697. The summed E-state index contributed by atoms with van der Waals surface area (Å²) < 4.78 is 1.75. The molecule has 0 atom stereocenters. The van der Waals surface area contributed by atoms with Gasteiger partial charge in [0.05, 0.1) is 0 Å². The first-order chi connectivity index (χ1) is 7.09. The van der Waals surface area contributed by atoms with Crippen molar-refractivity contribution in [2.75, 3.05) is 6.54 Å². The van der Waals surface area contributed by atoms with E-state index >= 15 is 0 Å². The van der Waals surface area contributed by atoms with Gasteiger partial charge < -0.3 is 15.5 Å². The molecule has 0 saturated heterocycles. The molecule has 1 aromatic heterocycles. The summed E-state index contributed by atoms with van der Waals surface area (Å²) in [5.41, 5.74) is 0. The molecule has 0 aliphatic heterocycles. The van der Waals surface area contributed by atoms with Crippen LogP contribution in [0.4, 0.5) is 0 Å². The number of aromatic hydroxyl groups is 2. The Morgan fingerprint density at radius 1 is 1.47 bits per heavy atom. The van der Waals surface area contributed by atoms with Crippen molar-refractivity contribution in [3.63, 3.8) is 0 Å². The van der Waals surface area contributed by atoms with E-state index in [0.29, 0.717) is 13.1 Å². The number of amides is 1. The summed E-state index contributed by atoms with van der Waals surface area (Å²) in [4.78, 5) is 10.6. The fourth-order valence-electron chi connectivity index (χ4n) is 1.18. The number of carbonyl (C=O) groups is 1. The Balaban J connectivity index is 2.38. The smallest absolute Gasteiger partial charge is 0.223 e. The van der Waals surface area contributed by atoms with E-state index in [1.165, 1.54) is 19.2 Å². The molecule has 5 nitrogen and oxygen atoms in total. The Morgan fingerprint density at radius 3 is 2.80 bits per heavy atom. The van der Waals surface area contributed by atoms with Crippen LogP contribution >= 0.6 is 0 Å². The number of pyridine rings is 1. The lowest BCUT2D eigenvalue weighted by atomic mass is 10.3. The molecule has 0 saturated carbocycles. The van der Waals surface area contributed by atoms with E-state index in [4.69, 9.17) is 5.11 Å². The number of carbonyl (C=O) groups excluding carboxylic acids is 1. The first-order valence-electron chi connectivity index (χ1n) is 4.75. The summed E-state index contributed by atoms with van der Waals surface area (Å²) in [5.74, 6) is -0.321. The van der Waals surface area contributed by atoms with Crippen LogP contribution in [-0.4, -0.2) is 22.7 Å². The molecule has 0 spiro atoms. The van der Waals surface area contributed by atoms with Crippen molar-refractivity contribution >= 4 is 5.91 Å². The summed E-state index contributed by atoms with van der Waals surface area (Å²) in [6.07, 6.45) is 3.89. The van der Waals surface area contributed by atoms with Gasteiger partial charge in [-0.15, -0.1) is 0 Å². The third-order valence-electron chi connectivity index (χ3n) is 1.94. The first-order valence-corrected chi connectivity index (χ1v) is 4.75. The van der Waals surface area contributed by atoms with E-state index in [1.807, 2.05) is 0 Å². The van der Waals surface area contributed by atoms with Crippen molar-refractivity contribution in [3.05, 3.63) is 18.5 Å². The molecule has 0 bridgehead atoms. The Morgan fingerprint density at radius 2 is 2.20 bits per heavy atom. The topological polar surface area (TPSA) is 73.4 Å². The molecule has 0 aliphatic rings. The zero-order valence-electron chi connectivity index (χ0n) is 8.60. The second kappa shape index (κ2) is 5.19. The highest BCUT2D eigenvalue weighted by Crippen LogP contribution is 2.19. The van der Waals surface area contributed by atoms with Gasteiger partial charge in [-0.1, -0.05) is 0 Å². The molecule has 5 heteroatoms. The average molecular weight is 211 g/mol. The van der Waals surface area contributed by atoms with Gasteiger partial charge in [0.2, 0.25) is 17.9 Å². The second-order valence-corrected chi connectivity index (χ2v) is 3.29. The van der Waals surface area contributed by atoms with Crippen LogP contribution in [0.25, 0.3) is 0 Å². The lowest BCUT2D eigenvalue weighted by Gasteiger charge is -2.00. The van der Waals surface area contributed by atoms with Crippen LogP contribution in [0.3, 0.4) is 0 Å². The van der Waals surface area contributed by atoms with E-state index in [0.717, 1.165) is 6.42 Å². The molecule has 3 N–H and O–H groups in total. The molecule has 0 fully saturated rings. The minimum absolute atomic E-state index is 0.0476. The Labute approximate surface area is 88.0 Å². The minimum atomic E-state index is -0.142. The third-order valence-corrected chi connectivity index (χ3v) is 1.94. The number of aromatic nitrogens is 1. The fourth-order valence-corrected chi connectivity index (χ4v) is 1.18. The highest BCUT2D eigenvalue weighted by atomic mass is 16.3. The van der Waals surface area contributed by atoms with Crippen molar-refractivity contribution in [2.24, 2.45) is 0 Å². The van der Waals surface area contributed by atoms with E-state index < -0.39 is 0 Å². The zero-order chi connectivity index (χ0) is 11.3. The van der Waals surface area contributed by atoms with Crippen molar-refractivity contribution in [2.45, 2.75) is 19.9 Å². The Kier molecular flexibility index (Phi) is 3.91. The normalized spacial score (nSPS) is 9.93. The Bertz CT molecular complexity index is 353. The number of nitrogens with one attached hydrogen (secondary N) is 1. The van der Waals surface area contributed by atoms with Crippen molar-refractivity contribution in [1.29, 1.82) is 0 Å². The molecule has 82 valence electrons. The first kappa shape index (κ1) is 11.3. The van der Waals surface area contributed by atoms with Gasteiger partial charge in [0.1, 0.15) is 6.54 Å². The van der Waals surface area contributed by atoms with Crippen LogP contribution in [0.1, 0.15) is 13.3 Å². The van der Waals surface area contributed by atoms with Gasteiger partial charge in [-0.05, 0) is 0 Å². The van der Waals surface area contributed by atoms with Crippen molar-refractivity contribution in [1.82, 2.24) is 5.32 Å². The molecule has 15 heavy (non-hydrogen) atoms. The minimum Gasteiger partial charge on any atom is -0.504 e. The molecular formula is C10H15N2O3+. The fraction of sp³-hybridized carbons (Fsp3) is 0.400. The van der Waals surface area contributed by atoms with Gasteiger partial charge in [0.15, 0.2) is 11.9 Å². The van der Waals surface area contributed by atoms with E-state index in [9.17, 15) is 9.90 Å². The maximum Gasteiger partial charge on any atom is 0.223 e. The van der Waals surface area contributed by atoms with Crippen LogP contribution < -0.4 is 9.88 Å². The van der Waals surface area contributed by atoms with Gasteiger partial charge in [0, 0.05) is 26.0 Å². The maximum atomic E-state index is 10.6. The number of hydrogen-bond donors (Lipinski definition) is 3. The number of hydrogen-bond acceptors (Lipinski definition) is 3. The highest BCUT2D eigenvalue weighted by Gasteiger charge is 2.06. The van der Waals surface area contributed by atoms with Crippen molar-refractivity contribution < 1.29 is 19.6 Å². The molecule has 1 aromatic rings. The monoisotopic (exact) mass is 211 g/mol. The summed E-state index contributed by atoms with van der Waals surface area (Å²) in [6, 6.07) is 1.42. The molecule has 0 aromatic carbocycles.